The van der Waals surface area contributed by atoms with Crippen molar-refractivity contribution in [1.82, 2.24) is 0 Å². The highest BCUT2D eigenvalue weighted by atomic mass is 32.2. The second kappa shape index (κ2) is 5.33. The molecule has 1 aliphatic heterocycles. The third-order valence-corrected chi connectivity index (χ3v) is 6.28. The van der Waals surface area contributed by atoms with Gasteiger partial charge in [0.15, 0.2) is 0 Å². The first-order chi connectivity index (χ1) is 9.97. The monoisotopic (exact) mass is 308 g/mol. The molecule has 1 heterocycles. The molecule has 1 fully saturated rings. The lowest BCUT2D eigenvalue weighted by Gasteiger charge is -2.22. The largest absolute Gasteiger partial charge is 0.315 e. The Morgan fingerprint density at radius 2 is 1.90 bits per heavy atom. The normalized spacial score (nSPS) is 19.7. The second-order valence-electron chi connectivity index (χ2n) is 5.88. The van der Waals surface area contributed by atoms with Crippen molar-refractivity contribution in [1.29, 1.82) is 0 Å². The Kier molecular flexibility index (Phi) is 3.65. The summed E-state index contributed by atoms with van der Waals surface area (Å²) in [5.74, 6) is 0.0392. The molecule has 1 aliphatic carbocycles. The van der Waals surface area contributed by atoms with Gasteiger partial charge in [0.1, 0.15) is 0 Å². The predicted octanol–water partition coefficient (Wildman–Crippen LogP) is 2.28. The Bertz CT molecular complexity index is 663. The number of fused-ring (bicyclic) bond motifs is 1. The van der Waals surface area contributed by atoms with Crippen LogP contribution in [0.4, 0.5) is 11.4 Å². The Hall–Kier alpha value is -1.56. The molecule has 3 rings (SSSR count). The quantitative estimate of drug-likeness (QED) is 0.931. The molecule has 0 saturated heterocycles. The summed E-state index contributed by atoms with van der Waals surface area (Å²) in [7, 11) is -1.59. The highest BCUT2D eigenvalue weighted by Crippen LogP contribution is 2.31. The highest BCUT2D eigenvalue weighted by molar-refractivity contribution is 7.93. The van der Waals surface area contributed by atoms with Crippen LogP contribution in [-0.2, 0) is 21.2 Å². The standard InChI is InChI=1S/C15H20N2O3S/c1-17-14-8-7-12(9-11(14)10-15(17)18)16-21(19,20)13-5-3-2-4-6-13/h7-9,13,16H,2-6,10H2,1H3. The van der Waals surface area contributed by atoms with E-state index in [0.29, 0.717) is 12.1 Å². The molecule has 5 nitrogen and oxygen atoms in total. The summed E-state index contributed by atoms with van der Waals surface area (Å²) in [6, 6.07) is 5.31. The molecule has 0 aromatic heterocycles. The zero-order valence-corrected chi connectivity index (χ0v) is 12.9. The van der Waals surface area contributed by atoms with Gasteiger partial charge in [-0.2, -0.15) is 0 Å². The number of amides is 1. The molecule has 1 saturated carbocycles. The van der Waals surface area contributed by atoms with Gasteiger partial charge in [-0.05, 0) is 36.6 Å². The molecule has 6 heteroatoms. The van der Waals surface area contributed by atoms with Gasteiger partial charge in [-0.15, -0.1) is 0 Å². The molecular formula is C15H20N2O3S. The van der Waals surface area contributed by atoms with E-state index < -0.39 is 10.0 Å². The summed E-state index contributed by atoms with van der Waals surface area (Å²) in [6.07, 6.45) is 4.90. The van der Waals surface area contributed by atoms with Crippen molar-refractivity contribution >= 4 is 27.3 Å². The fourth-order valence-electron chi connectivity index (χ4n) is 3.16. The lowest BCUT2D eigenvalue weighted by Crippen LogP contribution is -2.29. The number of nitrogens with one attached hydrogen (secondary N) is 1. The average Bonchev–Trinajstić information content (AvgIpc) is 2.74. The van der Waals surface area contributed by atoms with Gasteiger partial charge in [-0.3, -0.25) is 9.52 Å². The first-order valence-electron chi connectivity index (χ1n) is 7.38. The van der Waals surface area contributed by atoms with Gasteiger partial charge in [0.25, 0.3) is 0 Å². The van der Waals surface area contributed by atoms with E-state index in [1.807, 2.05) is 0 Å². The number of carbonyl (C=O) groups is 1. The number of carbonyl (C=O) groups excluding carboxylic acids is 1. The Balaban J connectivity index is 1.80. The molecule has 1 amide bonds. The van der Waals surface area contributed by atoms with E-state index in [1.54, 1.807) is 30.1 Å². The Labute approximate surface area is 125 Å². The van der Waals surface area contributed by atoms with Crippen LogP contribution in [0.5, 0.6) is 0 Å². The highest BCUT2D eigenvalue weighted by Gasteiger charge is 2.28. The topological polar surface area (TPSA) is 66.5 Å². The van der Waals surface area contributed by atoms with Crippen LogP contribution in [0.2, 0.25) is 0 Å². The van der Waals surface area contributed by atoms with Crippen LogP contribution in [-0.4, -0.2) is 26.6 Å². The van der Waals surface area contributed by atoms with Crippen molar-refractivity contribution in [2.45, 2.75) is 43.8 Å². The molecular weight excluding hydrogens is 288 g/mol. The molecule has 0 atom stereocenters. The van der Waals surface area contributed by atoms with Gasteiger partial charge in [-0.25, -0.2) is 8.42 Å². The summed E-state index contributed by atoms with van der Waals surface area (Å²) in [6.45, 7) is 0. The molecule has 21 heavy (non-hydrogen) atoms. The summed E-state index contributed by atoms with van der Waals surface area (Å²) in [5, 5.41) is -0.288. The third kappa shape index (κ3) is 2.77. The minimum absolute atomic E-state index is 0.0392. The molecule has 0 bridgehead atoms. The second-order valence-corrected chi connectivity index (χ2v) is 7.84. The van der Waals surface area contributed by atoms with E-state index in [9.17, 15) is 13.2 Å². The fourth-order valence-corrected chi connectivity index (χ4v) is 4.73. The number of sulfonamides is 1. The van der Waals surface area contributed by atoms with E-state index in [-0.39, 0.29) is 11.2 Å². The first kappa shape index (κ1) is 14.4. The van der Waals surface area contributed by atoms with Crippen LogP contribution >= 0.6 is 0 Å². The van der Waals surface area contributed by atoms with Crippen LogP contribution in [0.25, 0.3) is 0 Å². The van der Waals surface area contributed by atoms with Gasteiger partial charge in [0.05, 0.1) is 11.7 Å². The van der Waals surface area contributed by atoms with Crippen molar-refractivity contribution in [2.75, 3.05) is 16.7 Å². The zero-order chi connectivity index (χ0) is 15.0. The average molecular weight is 308 g/mol. The summed E-state index contributed by atoms with van der Waals surface area (Å²) >= 11 is 0. The molecule has 114 valence electrons. The van der Waals surface area contributed by atoms with Gasteiger partial charge < -0.3 is 4.90 Å². The molecule has 1 N–H and O–H groups in total. The lowest BCUT2D eigenvalue weighted by atomic mass is 10.0. The number of nitrogens with zero attached hydrogens (tertiary/aromatic N) is 1. The lowest BCUT2D eigenvalue weighted by molar-refractivity contribution is -0.117. The van der Waals surface area contributed by atoms with E-state index in [0.717, 1.165) is 43.4 Å². The van der Waals surface area contributed by atoms with Crippen LogP contribution in [0.15, 0.2) is 18.2 Å². The zero-order valence-electron chi connectivity index (χ0n) is 12.1. The van der Waals surface area contributed by atoms with Crippen LogP contribution in [0.1, 0.15) is 37.7 Å². The number of likely N-dealkylation sites (N-methyl/N-ethyl adjacent to an activating group) is 1. The summed E-state index contributed by atoms with van der Waals surface area (Å²) in [4.78, 5) is 13.3. The summed E-state index contributed by atoms with van der Waals surface area (Å²) < 4.78 is 27.5. The maximum Gasteiger partial charge on any atom is 0.235 e. The smallest absolute Gasteiger partial charge is 0.235 e. The maximum absolute atomic E-state index is 12.4. The predicted molar refractivity (Wildman–Crippen MR) is 83.0 cm³/mol. The number of rotatable bonds is 3. The third-order valence-electron chi connectivity index (χ3n) is 4.41. The van der Waals surface area contributed by atoms with Crippen LogP contribution in [0.3, 0.4) is 0 Å². The van der Waals surface area contributed by atoms with E-state index in [2.05, 4.69) is 4.72 Å². The number of hydrogen-bond donors (Lipinski definition) is 1. The van der Waals surface area contributed by atoms with Crippen LogP contribution in [0, 0.1) is 0 Å². The SMILES string of the molecule is CN1C(=O)Cc2cc(NS(=O)(=O)C3CCCCC3)ccc21. The maximum atomic E-state index is 12.4. The number of anilines is 2. The number of hydrogen-bond acceptors (Lipinski definition) is 3. The molecule has 2 aliphatic rings. The van der Waals surface area contributed by atoms with Crippen molar-refractivity contribution in [3.05, 3.63) is 23.8 Å². The van der Waals surface area contributed by atoms with Gasteiger partial charge in [0, 0.05) is 18.4 Å². The van der Waals surface area contributed by atoms with Crippen molar-refractivity contribution in [3.8, 4) is 0 Å². The van der Waals surface area contributed by atoms with Crippen LogP contribution < -0.4 is 9.62 Å². The molecule has 0 unspecified atom stereocenters. The Morgan fingerprint density at radius 3 is 2.62 bits per heavy atom. The molecule has 0 radical (unpaired) electrons. The van der Waals surface area contributed by atoms with Crippen molar-refractivity contribution in [3.63, 3.8) is 0 Å². The Morgan fingerprint density at radius 1 is 1.19 bits per heavy atom. The van der Waals surface area contributed by atoms with Crippen molar-refractivity contribution < 1.29 is 13.2 Å². The van der Waals surface area contributed by atoms with Gasteiger partial charge in [-0.1, -0.05) is 19.3 Å². The molecule has 0 spiro atoms. The molecule has 1 aromatic carbocycles. The van der Waals surface area contributed by atoms with Crippen molar-refractivity contribution in [2.24, 2.45) is 0 Å². The van der Waals surface area contributed by atoms with E-state index in [1.165, 1.54) is 0 Å². The van der Waals surface area contributed by atoms with Gasteiger partial charge >= 0.3 is 0 Å². The van der Waals surface area contributed by atoms with Gasteiger partial charge in [0.2, 0.25) is 15.9 Å². The summed E-state index contributed by atoms with van der Waals surface area (Å²) in [5.41, 5.74) is 2.30. The minimum Gasteiger partial charge on any atom is -0.315 e. The first-order valence-corrected chi connectivity index (χ1v) is 8.93. The van der Waals surface area contributed by atoms with E-state index in [4.69, 9.17) is 0 Å². The van der Waals surface area contributed by atoms with E-state index >= 15 is 0 Å². The molecule has 1 aromatic rings. The number of benzene rings is 1. The fraction of sp³-hybridized carbons (Fsp3) is 0.533. The minimum atomic E-state index is -3.33.